The number of nitrogens with zero attached hydrogens (tertiary/aromatic N) is 3. The molecule has 1 aliphatic rings. The highest BCUT2D eigenvalue weighted by Crippen LogP contribution is 2.35. The molecule has 0 saturated carbocycles. The lowest BCUT2D eigenvalue weighted by Crippen LogP contribution is -2.27. The van der Waals surface area contributed by atoms with Gasteiger partial charge in [0.15, 0.2) is 0 Å². The molecule has 29 heavy (non-hydrogen) atoms. The molecule has 144 valence electrons. The Kier molecular flexibility index (Phi) is 4.35. The molecule has 0 atom stereocenters. The molecule has 1 heterocycles. The third-order valence-corrected chi connectivity index (χ3v) is 5.19. The van der Waals surface area contributed by atoms with Crippen LogP contribution in [0.2, 0.25) is 0 Å². The Balaban J connectivity index is 1.98. The van der Waals surface area contributed by atoms with Crippen LogP contribution in [0.5, 0.6) is 0 Å². The largest absolute Gasteiger partial charge is 0.337 e. The average Bonchev–Trinajstić information content (AvgIpc) is 2.73. The van der Waals surface area contributed by atoms with Crippen molar-refractivity contribution in [2.24, 2.45) is 0 Å². The number of hydrogen-bond acceptors (Lipinski definition) is 5. The summed E-state index contributed by atoms with van der Waals surface area (Å²) in [5, 5.41) is 26.8. The topological polar surface area (TPSA) is 89.5 Å². The van der Waals surface area contributed by atoms with Gasteiger partial charge >= 0.3 is 0 Å². The molecule has 0 saturated heterocycles. The van der Waals surface area contributed by atoms with Gasteiger partial charge in [-0.15, -0.1) is 0 Å². The number of rotatable bonds is 4. The van der Waals surface area contributed by atoms with Gasteiger partial charge in [-0.2, -0.15) is 0 Å². The summed E-state index contributed by atoms with van der Waals surface area (Å²) in [6.45, 7) is 6.32. The standard InChI is InChI=1S/C22H17N3O4/c1-3-14-5-7-16-12-23(13-17-8-6-15(4-2)21(14)22(16)17)19-10-9-18(24(26)27)11-20(19)25(28)29/h3-11,13H,1,12H2,2H3/b15-4-. The molecule has 0 amide bonds. The van der Waals surface area contributed by atoms with Gasteiger partial charge in [0.25, 0.3) is 11.4 Å². The predicted molar refractivity (Wildman–Crippen MR) is 114 cm³/mol. The van der Waals surface area contributed by atoms with E-state index in [-0.39, 0.29) is 11.4 Å². The zero-order chi connectivity index (χ0) is 20.7. The molecule has 0 bridgehead atoms. The molecule has 1 aliphatic heterocycles. The number of nitro benzene ring substituents is 2. The van der Waals surface area contributed by atoms with Crippen LogP contribution in [-0.2, 0) is 6.54 Å². The van der Waals surface area contributed by atoms with E-state index in [0.717, 1.165) is 38.4 Å². The second-order valence-electron chi connectivity index (χ2n) is 6.74. The Hall–Kier alpha value is -4.00. The number of nitro groups is 2. The number of anilines is 1. The van der Waals surface area contributed by atoms with Gasteiger partial charge in [0.1, 0.15) is 5.69 Å². The molecule has 7 nitrogen and oxygen atoms in total. The Morgan fingerprint density at radius 1 is 1.03 bits per heavy atom. The van der Waals surface area contributed by atoms with Gasteiger partial charge in [-0.05, 0) is 45.3 Å². The van der Waals surface area contributed by atoms with E-state index < -0.39 is 9.85 Å². The van der Waals surface area contributed by atoms with Crippen LogP contribution >= 0.6 is 0 Å². The first-order valence-electron chi connectivity index (χ1n) is 8.99. The van der Waals surface area contributed by atoms with E-state index in [0.29, 0.717) is 12.2 Å². The van der Waals surface area contributed by atoms with Crippen molar-refractivity contribution in [3.63, 3.8) is 0 Å². The van der Waals surface area contributed by atoms with Gasteiger partial charge < -0.3 is 4.90 Å². The van der Waals surface area contributed by atoms with Crippen LogP contribution in [0.25, 0.3) is 29.1 Å². The monoisotopic (exact) mass is 387 g/mol. The van der Waals surface area contributed by atoms with E-state index in [1.165, 1.54) is 12.1 Å². The van der Waals surface area contributed by atoms with Crippen molar-refractivity contribution < 1.29 is 9.85 Å². The second kappa shape index (κ2) is 6.87. The van der Waals surface area contributed by atoms with Crippen LogP contribution in [0.1, 0.15) is 18.1 Å². The molecule has 0 unspecified atom stereocenters. The van der Waals surface area contributed by atoms with E-state index in [9.17, 15) is 20.2 Å². The summed E-state index contributed by atoms with van der Waals surface area (Å²) >= 11 is 0. The van der Waals surface area contributed by atoms with Crippen molar-refractivity contribution in [3.8, 4) is 0 Å². The van der Waals surface area contributed by atoms with E-state index in [2.05, 4.69) is 6.58 Å². The maximum Gasteiger partial charge on any atom is 0.299 e. The first-order valence-corrected chi connectivity index (χ1v) is 8.99. The lowest BCUT2D eigenvalue weighted by atomic mass is 9.94. The van der Waals surface area contributed by atoms with Crippen LogP contribution in [0, 0.1) is 20.2 Å². The predicted octanol–water partition coefficient (Wildman–Crippen LogP) is 3.86. The van der Waals surface area contributed by atoms with Gasteiger partial charge in [-0.3, -0.25) is 20.2 Å². The number of hydrogen-bond donors (Lipinski definition) is 0. The van der Waals surface area contributed by atoms with Gasteiger partial charge in [-0.25, -0.2) is 0 Å². The third-order valence-electron chi connectivity index (χ3n) is 5.19. The molecule has 0 fully saturated rings. The SMILES string of the molecule is C=Cc1ccc2c3c(cc/c(=C/C)c13)=CN(c1ccc([N+](=O)[O-])cc1[N+](=O)[O-])C2. The molecule has 0 spiro atoms. The highest BCUT2D eigenvalue weighted by Gasteiger charge is 2.25. The average molecular weight is 387 g/mol. The number of non-ortho nitro benzene ring substituents is 1. The smallest absolute Gasteiger partial charge is 0.299 e. The highest BCUT2D eigenvalue weighted by molar-refractivity contribution is 5.96. The highest BCUT2D eigenvalue weighted by atomic mass is 16.6. The summed E-state index contributed by atoms with van der Waals surface area (Å²) in [6.07, 6.45) is 5.72. The Morgan fingerprint density at radius 3 is 2.48 bits per heavy atom. The van der Waals surface area contributed by atoms with Crippen LogP contribution in [0.4, 0.5) is 17.1 Å². The van der Waals surface area contributed by atoms with Crippen molar-refractivity contribution in [2.75, 3.05) is 4.90 Å². The molecule has 0 radical (unpaired) electrons. The molecule has 0 aromatic heterocycles. The third kappa shape index (κ3) is 2.93. The molecule has 4 rings (SSSR count). The summed E-state index contributed by atoms with van der Waals surface area (Å²) in [5.41, 5.74) is 1.77. The summed E-state index contributed by atoms with van der Waals surface area (Å²) in [7, 11) is 0. The fourth-order valence-electron chi connectivity index (χ4n) is 3.87. The second-order valence-corrected chi connectivity index (χ2v) is 6.74. The Labute approximate surface area is 165 Å². The summed E-state index contributed by atoms with van der Waals surface area (Å²) in [5.74, 6) is 0. The molecule has 0 N–H and O–H groups in total. The zero-order valence-corrected chi connectivity index (χ0v) is 15.7. The molecule has 7 heteroatoms. The van der Waals surface area contributed by atoms with Gasteiger partial charge in [-0.1, -0.05) is 43.0 Å². The minimum atomic E-state index is -0.633. The summed E-state index contributed by atoms with van der Waals surface area (Å²) in [4.78, 5) is 23.1. The van der Waals surface area contributed by atoms with E-state index in [4.69, 9.17) is 0 Å². The van der Waals surface area contributed by atoms with Gasteiger partial charge in [0, 0.05) is 18.8 Å². The summed E-state index contributed by atoms with van der Waals surface area (Å²) < 4.78 is 0. The molecule has 3 aromatic carbocycles. The van der Waals surface area contributed by atoms with E-state index >= 15 is 0 Å². The van der Waals surface area contributed by atoms with Crippen molar-refractivity contribution in [3.05, 3.63) is 90.8 Å². The van der Waals surface area contributed by atoms with Crippen LogP contribution in [0.3, 0.4) is 0 Å². The van der Waals surface area contributed by atoms with Crippen LogP contribution in [0.15, 0.2) is 49.0 Å². The van der Waals surface area contributed by atoms with Gasteiger partial charge in [0.2, 0.25) is 0 Å². The van der Waals surface area contributed by atoms with Crippen LogP contribution in [-0.4, -0.2) is 9.85 Å². The van der Waals surface area contributed by atoms with Crippen molar-refractivity contribution in [2.45, 2.75) is 13.5 Å². The van der Waals surface area contributed by atoms with E-state index in [1.54, 1.807) is 4.90 Å². The number of benzene rings is 3. The van der Waals surface area contributed by atoms with Crippen LogP contribution < -0.4 is 15.3 Å². The summed E-state index contributed by atoms with van der Waals surface area (Å²) in [6, 6.07) is 11.7. The van der Waals surface area contributed by atoms with E-state index in [1.807, 2.05) is 49.5 Å². The molecular formula is C22H17N3O4. The first kappa shape index (κ1) is 18.4. The maximum atomic E-state index is 11.6. The first-order chi connectivity index (χ1) is 13.9. The fourth-order valence-corrected chi connectivity index (χ4v) is 3.87. The maximum absolute atomic E-state index is 11.6. The van der Waals surface area contributed by atoms with Crippen molar-refractivity contribution >= 4 is 46.2 Å². The fraction of sp³-hybridized carbons (Fsp3) is 0.0909. The lowest BCUT2D eigenvalue weighted by Gasteiger charge is -2.26. The normalized spacial score (nSPS) is 13.3. The molecular weight excluding hydrogens is 370 g/mol. The molecule has 0 aliphatic carbocycles. The minimum Gasteiger partial charge on any atom is -0.337 e. The van der Waals surface area contributed by atoms with Crippen molar-refractivity contribution in [1.82, 2.24) is 0 Å². The Bertz CT molecular complexity index is 1330. The van der Waals surface area contributed by atoms with Crippen molar-refractivity contribution in [1.29, 1.82) is 0 Å². The molecule has 3 aromatic rings. The minimum absolute atomic E-state index is 0.295. The van der Waals surface area contributed by atoms with Gasteiger partial charge in [0.05, 0.1) is 15.9 Å². The quantitative estimate of drug-likeness (QED) is 0.501. The zero-order valence-electron chi connectivity index (χ0n) is 15.7. The Morgan fingerprint density at radius 2 is 1.83 bits per heavy atom. The lowest BCUT2D eigenvalue weighted by molar-refractivity contribution is -0.393.